The van der Waals surface area contributed by atoms with E-state index in [1.54, 1.807) is 0 Å². The van der Waals surface area contributed by atoms with E-state index in [-0.39, 0.29) is 11.9 Å². The van der Waals surface area contributed by atoms with E-state index in [0.29, 0.717) is 30.8 Å². The second kappa shape index (κ2) is 5.64. The highest BCUT2D eigenvalue weighted by Crippen LogP contribution is 2.28. The van der Waals surface area contributed by atoms with Crippen LogP contribution in [-0.2, 0) is 4.79 Å². The molecule has 4 nitrogen and oxygen atoms in total. The van der Waals surface area contributed by atoms with Crippen LogP contribution in [0.4, 0.5) is 0 Å². The SMILES string of the molecule is CC1CC(C)C(C)N(C(CN)CC(N)=O)C1. The lowest BCUT2D eigenvalue weighted by Crippen LogP contribution is -2.54. The van der Waals surface area contributed by atoms with E-state index < -0.39 is 0 Å². The fourth-order valence-electron chi connectivity index (χ4n) is 2.81. The number of hydrogen-bond donors (Lipinski definition) is 2. The van der Waals surface area contributed by atoms with Crippen LogP contribution in [0, 0.1) is 11.8 Å². The predicted octanol–water partition coefficient (Wildman–Crippen LogP) is 0.556. The molecule has 1 saturated heterocycles. The van der Waals surface area contributed by atoms with Crippen LogP contribution in [0.25, 0.3) is 0 Å². The van der Waals surface area contributed by atoms with Crippen molar-refractivity contribution in [2.75, 3.05) is 13.1 Å². The van der Waals surface area contributed by atoms with E-state index in [1.165, 1.54) is 6.42 Å². The maximum Gasteiger partial charge on any atom is 0.219 e. The van der Waals surface area contributed by atoms with Gasteiger partial charge in [0.1, 0.15) is 0 Å². The van der Waals surface area contributed by atoms with Crippen molar-refractivity contribution in [2.45, 2.75) is 45.7 Å². The molecule has 0 saturated carbocycles. The van der Waals surface area contributed by atoms with Gasteiger partial charge in [-0.1, -0.05) is 13.8 Å². The van der Waals surface area contributed by atoms with E-state index in [9.17, 15) is 4.79 Å². The van der Waals surface area contributed by atoms with Crippen molar-refractivity contribution in [3.63, 3.8) is 0 Å². The molecule has 0 aromatic rings. The highest BCUT2D eigenvalue weighted by molar-refractivity contribution is 5.74. The molecule has 0 spiro atoms. The topological polar surface area (TPSA) is 72.3 Å². The Balaban J connectivity index is 2.70. The summed E-state index contributed by atoms with van der Waals surface area (Å²) in [6, 6.07) is 0.599. The van der Waals surface area contributed by atoms with Crippen LogP contribution < -0.4 is 11.5 Å². The lowest BCUT2D eigenvalue weighted by molar-refractivity contribution is -0.119. The third-order valence-corrected chi connectivity index (χ3v) is 3.82. The number of amides is 1. The molecule has 4 atom stereocenters. The molecule has 4 heteroatoms. The van der Waals surface area contributed by atoms with Gasteiger partial charge in [0.15, 0.2) is 0 Å². The van der Waals surface area contributed by atoms with Crippen LogP contribution >= 0.6 is 0 Å². The molecule has 0 radical (unpaired) electrons. The molecule has 1 heterocycles. The van der Waals surface area contributed by atoms with Crippen molar-refractivity contribution in [3.05, 3.63) is 0 Å². The van der Waals surface area contributed by atoms with Gasteiger partial charge in [0.25, 0.3) is 0 Å². The zero-order valence-electron chi connectivity index (χ0n) is 10.6. The van der Waals surface area contributed by atoms with Crippen LogP contribution in [0.15, 0.2) is 0 Å². The van der Waals surface area contributed by atoms with E-state index in [2.05, 4.69) is 25.7 Å². The Bertz CT molecular complexity index is 244. The monoisotopic (exact) mass is 227 g/mol. The summed E-state index contributed by atoms with van der Waals surface area (Å²) in [6.45, 7) is 8.28. The largest absolute Gasteiger partial charge is 0.370 e. The number of rotatable bonds is 4. The molecule has 0 aromatic carbocycles. The standard InChI is InChI=1S/C12H25N3O/c1-8-4-9(2)10(3)15(7-8)11(6-13)5-12(14)16/h8-11H,4-7,13H2,1-3H3,(H2,14,16). The van der Waals surface area contributed by atoms with Crippen LogP contribution in [0.2, 0.25) is 0 Å². The fraction of sp³-hybridized carbons (Fsp3) is 0.917. The Morgan fingerprint density at radius 1 is 1.44 bits per heavy atom. The molecular weight excluding hydrogens is 202 g/mol. The van der Waals surface area contributed by atoms with Crippen molar-refractivity contribution in [1.29, 1.82) is 0 Å². The number of likely N-dealkylation sites (tertiary alicyclic amines) is 1. The van der Waals surface area contributed by atoms with Crippen molar-refractivity contribution < 1.29 is 4.79 Å². The first-order valence-electron chi connectivity index (χ1n) is 6.19. The van der Waals surface area contributed by atoms with Gasteiger partial charge in [-0.25, -0.2) is 0 Å². The van der Waals surface area contributed by atoms with Gasteiger partial charge < -0.3 is 11.5 Å². The Labute approximate surface area is 98.3 Å². The van der Waals surface area contributed by atoms with Crippen molar-refractivity contribution >= 4 is 5.91 Å². The number of piperidine rings is 1. The molecule has 0 bridgehead atoms. The average molecular weight is 227 g/mol. The summed E-state index contributed by atoms with van der Waals surface area (Å²) in [5.41, 5.74) is 11.0. The third-order valence-electron chi connectivity index (χ3n) is 3.82. The zero-order valence-corrected chi connectivity index (χ0v) is 10.6. The highest BCUT2D eigenvalue weighted by atomic mass is 16.1. The number of nitrogens with zero attached hydrogens (tertiary/aromatic N) is 1. The maximum atomic E-state index is 11.0. The first kappa shape index (κ1) is 13.5. The highest BCUT2D eigenvalue weighted by Gasteiger charge is 2.33. The Morgan fingerprint density at radius 3 is 2.56 bits per heavy atom. The third kappa shape index (κ3) is 3.19. The predicted molar refractivity (Wildman–Crippen MR) is 65.8 cm³/mol. The summed E-state index contributed by atoms with van der Waals surface area (Å²) in [5.74, 6) is 1.08. The first-order valence-corrected chi connectivity index (χ1v) is 6.19. The lowest BCUT2D eigenvalue weighted by atomic mass is 9.84. The van der Waals surface area contributed by atoms with Gasteiger partial charge in [-0.2, -0.15) is 0 Å². The molecular formula is C12H25N3O. The van der Waals surface area contributed by atoms with Gasteiger partial charge in [-0.05, 0) is 25.2 Å². The summed E-state index contributed by atoms with van der Waals surface area (Å²) >= 11 is 0. The van der Waals surface area contributed by atoms with E-state index in [1.807, 2.05) is 0 Å². The number of primary amides is 1. The molecule has 0 aliphatic carbocycles. The van der Waals surface area contributed by atoms with Crippen molar-refractivity contribution in [1.82, 2.24) is 4.90 Å². The minimum absolute atomic E-state index is 0.109. The fourth-order valence-corrected chi connectivity index (χ4v) is 2.81. The number of hydrogen-bond acceptors (Lipinski definition) is 3. The van der Waals surface area contributed by atoms with Crippen LogP contribution in [-0.4, -0.2) is 36.0 Å². The molecule has 16 heavy (non-hydrogen) atoms. The molecule has 0 aromatic heterocycles. The second-order valence-corrected chi connectivity index (χ2v) is 5.32. The number of carbonyl (C=O) groups excluding carboxylic acids is 1. The first-order chi connectivity index (χ1) is 7.45. The van der Waals surface area contributed by atoms with Crippen LogP contribution in [0.5, 0.6) is 0 Å². The second-order valence-electron chi connectivity index (χ2n) is 5.32. The van der Waals surface area contributed by atoms with Crippen LogP contribution in [0.3, 0.4) is 0 Å². The van der Waals surface area contributed by atoms with Gasteiger partial charge in [0, 0.05) is 31.6 Å². The molecule has 94 valence electrons. The van der Waals surface area contributed by atoms with Gasteiger partial charge in [-0.3, -0.25) is 9.69 Å². The number of nitrogens with two attached hydrogens (primary N) is 2. The maximum absolute atomic E-state index is 11.0. The van der Waals surface area contributed by atoms with Gasteiger partial charge in [0.2, 0.25) is 5.91 Å². The van der Waals surface area contributed by atoms with Gasteiger partial charge in [0.05, 0.1) is 0 Å². The minimum Gasteiger partial charge on any atom is -0.370 e. The van der Waals surface area contributed by atoms with Crippen LogP contribution in [0.1, 0.15) is 33.6 Å². The van der Waals surface area contributed by atoms with Gasteiger partial charge in [-0.15, -0.1) is 0 Å². The molecule has 1 rings (SSSR count). The molecule has 4 unspecified atom stereocenters. The molecule has 1 aliphatic rings. The molecule has 1 amide bonds. The van der Waals surface area contributed by atoms with Crippen molar-refractivity contribution in [3.8, 4) is 0 Å². The Morgan fingerprint density at radius 2 is 2.06 bits per heavy atom. The minimum atomic E-state index is -0.256. The average Bonchev–Trinajstić information content (AvgIpc) is 2.20. The summed E-state index contributed by atoms with van der Waals surface area (Å²) in [7, 11) is 0. The molecule has 4 N–H and O–H groups in total. The zero-order chi connectivity index (χ0) is 12.3. The summed E-state index contributed by atoms with van der Waals surface area (Å²) < 4.78 is 0. The molecule has 1 aliphatic heterocycles. The van der Waals surface area contributed by atoms with E-state index >= 15 is 0 Å². The van der Waals surface area contributed by atoms with Crippen molar-refractivity contribution in [2.24, 2.45) is 23.3 Å². The summed E-state index contributed by atoms with van der Waals surface area (Å²) in [6.07, 6.45) is 1.63. The Hall–Kier alpha value is -0.610. The Kier molecular flexibility index (Phi) is 4.74. The summed E-state index contributed by atoms with van der Waals surface area (Å²) in [5, 5.41) is 0. The lowest BCUT2D eigenvalue weighted by Gasteiger charge is -2.45. The number of carbonyl (C=O) groups is 1. The quantitative estimate of drug-likeness (QED) is 0.737. The molecule has 1 fully saturated rings. The van der Waals surface area contributed by atoms with E-state index in [4.69, 9.17) is 11.5 Å². The van der Waals surface area contributed by atoms with E-state index in [0.717, 1.165) is 6.54 Å². The smallest absolute Gasteiger partial charge is 0.219 e. The normalized spacial score (nSPS) is 33.6. The van der Waals surface area contributed by atoms with Gasteiger partial charge >= 0.3 is 0 Å². The summed E-state index contributed by atoms with van der Waals surface area (Å²) in [4.78, 5) is 13.4.